The fraction of sp³-hybridized carbons (Fsp3) is 0.154. The van der Waals surface area contributed by atoms with Gasteiger partial charge in [0.15, 0.2) is 0 Å². The van der Waals surface area contributed by atoms with E-state index in [1.807, 2.05) is 0 Å². The number of fused-ring (bicyclic) bond motifs is 1. The van der Waals surface area contributed by atoms with E-state index in [2.05, 4.69) is 5.32 Å². The molecule has 0 heterocycles. The summed E-state index contributed by atoms with van der Waals surface area (Å²) in [5.74, 6) is 0. The van der Waals surface area contributed by atoms with Gasteiger partial charge < -0.3 is 15.2 Å². The van der Waals surface area contributed by atoms with Crippen molar-refractivity contribution in [2.75, 3.05) is 19.0 Å². The molecule has 0 atom stereocenters. The van der Waals surface area contributed by atoms with Crippen molar-refractivity contribution in [1.82, 2.24) is 0 Å². The zero-order valence-corrected chi connectivity index (χ0v) is 10.4. The van der Waals surface area contributed by atoms with Crippen LogP contribution < -0.4 is 5.32 Å². The number of nitrogens with one attached hydrogen (secondary N) is 1. The van der Waals surface area contributed by atoms with Crippen LogP contribution in [0.3, 0.4) is 0 Å². The van der Waals surface area contributed by atoms with Gasteiger partial charge >= 0.3 is 0 Å². The van der Waals surface area contributed by atoms with Crippen LogP contribution in [0.25, 0.3) is 10.8 Å². The Morgan fingerprint density at radius 2 is 1.84 bits per heavy atom. The first-order valence-electron chi connectivity index (χ1n) is 5.52. The third-order valence-corrected chi connectivity index (χ3v) is 2.47. The molecule has 0 aliphatic heterocycles. The highest BCUT2D eigenvalue weighted by Crippen LogP contribution is 2.30. The van der Waals surface area contributed by atoms with Gasteiger partial charge in [-0.1, -0.05) is 18.2 Å². The van der Waals surface area contributed by atoms with Gasteiger partial charge in [0.2, 0.25) is 0 Å². The maximum absolute atomic E-state index is 10.9. The van der Waals surface area contributed by atoms with Gasteiger partial charge in [-0.25, -0.2) is 0 Å². The van der Waals surface area contributed by atoms with Crippen molar-refractivity contribution >= 4 is 28.4 Å². The summed E-state index contributed by atoms with van der Waals surface area (Å²) in [6.45, 7) is 0.182. The molecule has 0 spiro atoms. The zero-order chi connectivity index (χ0) is 14.3. The normalized spacial score (nSPS) is 9.37. The smallest absolute Gasteiger partial charge is 0.277 e. The molecule has 0 bridgehead atoms. The SMILES string of the molecule is CO.O=CCNc1ccc([N+](=O)[O-])c2ccccc12. The number of nitrogens with zero attached hydrogens (tertiary/aromatic N) is 1. The lowest BCUT2D eigenvalue weighted by atomic mass is 10.1. The number of rotatable bonds is 4. The van der Waals surface area contributed by atoms with Crippen molar-refractivity contribution in [2.24, 2.45) is 0 Å². The van der Waals surface area contributed by atoms with Gasteiger partial charge in [0.1, 0.15) is 6.29 Å². The molecule has 0 aliphatic carbocycles. The molecule has 0 aliphatic rings. The first-order chi connectivity index (χ1) is 9.24. The van der Waals surface area contributed by atoms with Gasteiger partial charge in [0.25, 0.3) is 5.69 Å². The van der Waals surface area contributed by atoms with Gasteiger partial charge in [0, 0.05) is 24.2 Å². The number of aldehydes is 1. The van der Waals surface area contributed by atoms with E-state index in [-0.39, 0.29) is 12.2 Å². The molecule has 2 rings (SSSR count). The Labute approximate surface area is 109 Å². The number of non-ortho nitro benzene ring substituents is 1. The summed E-state index contributed by atoms with van der Waals surface area (Å²) >= 11 is 0. The first kappa shape index (κ1) is 14.6. The van der Waals surface area contributed by atoms with E-state index in [9.17, 15) is 14.9 Å². The number of nitro groups is 1. The van der Waals surface area contributed by atoms with Crippen LogP contribution in [0.5, 0.6) is 0 Å². The number of carbonyl (C=O) groups is 1. The van der Waals surface area contributed by atoms with E-state index < -0.39 is 4.92 Å². The lowest BCUT2D eigenvalue weighted by Gasteiger charge is -2.07. The number of carbonyl (C=O) groups excluding carboxylic acids is 1. The number of nitro benzene ring substituents is 1. The molecule has 6 heteroatoms. The van der Waals surface area contributed by atoms with Crippen LogP contribution in [0.4, 0.5) is 11.4 Å². The van der Waals surface area contributed by atoms with Crippen LogP contribution >= 0.6 is 0 Å². The number of anilines is 1. The monoisotopic (exact) mass is 262 g/mol. The van der Waals surface area contributed by atoms with Crippen LogP contribution in [0.1, 0.15) is 0 Å². The molecule has 2 N–H and O–H groups in total. The summed E-state index contributed by atoms with van der Waals surface area (Å²) in [5, 5.41) is 22.1. The average molecular weight is 262 g/mol. The molecule has 0 saturated heterocycles. The first-order valence-corrected chi connectivity index (χ1v) is 5.52. The largest absolute Gasteiger partial charge is 0.400 e. The Hall–Kier alpha value is -2.47. The maximum Gasteiger partial charge on any atom is 0.277 e. The van der Waals surface area contributed by atoms with Gasteiger partial charge in [-0.05, 0) is 12.1 Å². The second kappa shape index (κ2) is 7.07. The number of benzene rings is 2. The van der Waals surface area contributed by atoms with E-state index in [1.165, 1.54) is 6.07 Å². The van der Waals surface area contributed by atoms with Crippen molar-refractivity contribution < 1.29 is 14.8 Å². The fourth-order valence-corrected chi connectivity index (χ4v) is 1.75. The van der Waals surface area contributed by atoms with E-state index >= 15 is 0 Å². The Morgan fingerprint density at radius 1 is 1.21 bits per heavy atom. The lowest BCUT2D eigenvalue weighted by molar-refractivity contribution is -0.383. The summed E-state index contributed by atoms with van der Waals surface area (Å²) in [6.07, 6.45) is 0.746. The molecule has 0 amide bonds. The van der Waals surface area contributed by atoms with Crippen molar-refractivity contribution in [3.05, 3.63) is 46.5 Å². The van der Waals surface area contributed by atoms with Gasteiger partial charge in [0.05, 0.1) is 16.9 Å². The number of hydrogen-bond donors (Lipinski definition) is 2. The molecule has 0 aromatic heterocycles. The minimum absolute atomic E-state index is 0.0669. The van der Waals surface area contributed by atoms with Gasteiger partial charge in [-0.2, -0.15) is 0 Å². The fourth-order valence-electron chi connectivity index (χ4n) is 1.75. The quantitative estimate of drug-likeness (QED) is 0.499. The molecule has 2 aromatic rings. The second-order valence-electron chi connectivity index (χ2n) is 3.48. The standard InChI is InChI=1S/C12H10N2O3.CH4O/c15-8-7-13-11-5-6-12(14(16)17)10-4-2-1-3-9(10)11;1-2/h1-6,8,13H,7H2;2H,1H3. The van der Waals surface area contributed by atoms with Crippen LogP contribution in [0.2, 0.25) is 0 Å². The van der Waals surface area contributed by atoms with Crippen LogP contribution in [-0.2, 0) is 4.79 Å². The Kier molecular flexibility index (Phi) is 5.43. The van der Waals surface area contributed by atoms with Crippen molar-refractivity contribution in [3.63, 3.8) is 0 Å². The second-order valence-corrected chi connectivity index (χ2v) is 3.48. The number of aliphatic hydroxyl groups is 1. The predicted octanol–water partition coefficient (Wildman–Crippen LogP) is 1.97. The van der Waals surface area contributed by atoms with Gasteiger partial charge in [-0.15, -0.1) is 0 Å². The molecular formula is C13H14N2O4. The van der Waals surface area contributed by atoms with Crippen molar-refractivity contribution in [1.29, 1.82) is 0 Å². The Balaban J connectivity index is 0.000000861. The molecule has 0 unspecified atom stereocenters. The highest BCUT2D eigenvalue weighted by atomic mass is 16.6. The van der Waals surface area contributed by atoms with Crippen molar-refractivity contribution in [2.45, 2.75) is 0 Å². The van der Waals surface area contributed by atoms with E-state index in [1.54, 1.807) is 30.3 Å². The summed E-state index contributed by atoms with van der Waals surface area (Å²) in [7, 11) is 1.00. The minimum Gasteiger partial charge on any atom is -0.400 e. The Morgan fingerprint density at radius 3 is 2.42 bits per heavy atom. The van der Waals surface area contributed by atoms with Crippen LogP contribution in [-0.4, -0.2) is 30.0 Å². The van der Waals surface area contributed by atoms with Crippen molar-refractivity contribution in [3.8, 4) is 0 Å². The zero-order valence-electron chi connectivity index (χ0n) is 10.4. The molecule has 100 valence electrons. The molecule has 6 nitrogen and oxygen atoms in total. The minimum atomic E-state index is -0.411. The summed E-state index contributed by atoms with van der Waals surface area (Å²) in [4.78, 5) is 20.8. The average Bonchev–Trinajstić information content (AvgIpc) is 2.46. The molecule has 0 fully saturated rings. The number of aliphatic hydroxyl groups excluding tert-OH is 1. The summed E-state index contributed by atoms with van der Waals surface area (Å²) in [6, 6.07) is 10.1. The third kappa shape index (κ3) is 3.26. The predicted molar refractivity (Wildman–Crippen MR) is 73.3 cm³/mol. The molecule has 19 heavy (non-hydrogen) atoms. The molecule has 0 saturated carbocycles. The van der Waals surface area contributed by atoms with E-state index in [0.717, 1.165) is 24.5 Å². The highest BCUT2D eigenvalue weighted by Gasteiger charge is 2.13. The lowest BCUT2D eigenvalue weighted by Crippen LogP contribution is -2.03. The van der Waals surface area contributed by atoms with Crippen LogP contribution in [0, 0.1) is 10.1 Å². The van der Waals surface area contributed by atoms with Gasteiger partial charge in [-0.3, -0.25) is 10.1 Å². The summed E-state index contributed by atoms with van der Waals surface area (Å²) in [5.41, 5.74) is 0.788. The Bertz CT molecular complexity index is 584. The van der Waals surface area contributed by atoms with E-state index in [0.29, 0.717) is 5.39 Å². The number of hydrogen-bond acceptors (Lipinski definition) is 5. The van der Waals surface area contributed by atoms with E-state index in [4.69, 9.17) is 5.11 Å². The maximum atomic E-state index is 10.9. The third-order valence-electron chi connectivity index (χ3n) is 2.47. The summed E-state index contributed by atoms with van der Waals surface area (Å²) < 4.78 is 0. The highest BCUT2D eigenvalue weighted by molar-refractivity contribution is 5.99. The van der Waals surface area contributed by atoms with Crippen LogP contribution in [0.15, 0.2) is 36.4 Å². The topological polar surface area (TPSA) is 92.5 Å². The molecular weight excluding hydrogens is 248 g/mol. The molecule has 2 aromatic carbocycles. The molecule has 0 radical (unpaired) electrons.